The lowest BCUT2D eigenvalue weighted by molar-refractivity contribution is 0.713. The van der Waals surface area contributed by atoms with Crippen LogP contribution in [-0.4, -0.2) is 6.54 Å². The van der Waals surface area contributed by atoms with E-state index < -0.39 is 0 Å². The Bertz CT molecular complexity index is 682. The Morgan fingerprint density at radius 3 is 2.81 bits per heavy atom. The maximum atomic E-state index is 8.98. The van der Waals surface area contributed by atoms with Gasteiger partial charge in [-0.15, -0.1) is 0 Å². The van der Waals surface area contributed by atoms with Crippen molar-refractivity contribution in [2.24, 2.45) is 0 Å². The number of nitrogens with zero attached hydrogens (tertiary/aromatic N) is 2. The number of fused-ring (bicyclic) bond motifs is 1. The lowest BCUT2D eigenvalue weighted by Gasteiger charge is -2.26. The van der Waals surface area contributed by atoms with Gasteiger partial charge in [0.15, 0.2) is 0 Å². The summed E-state index contributed by atoms with van der Waals surface area (Å²) in [5.41, 5.74) is 6.09. The molecule has 0 radical (unpaired) electrons. The smallest absolute Gasteiger partial charge is 0.0991 e. The van der Waals surface area contributed by atoms with E-state index in [0.717, 1.165) is 18.7 Å². The minimum absolute atomic E-state index is 0.743. The third kappa shape index (κ3) is 2.92. The van der Waals surface area contributed by atoms with E-state index in [9.17, 15) is 0 Å². The van der Waals surface area contributed by atoms with Crippen molar-refractivity contribution in [1.29, 1.82) is 5.26 Å². The maximum absolute atomic E-state index is 8.98. The fraction of sp³-hybridized carbons (Fsp3) is 0.316. The van der Waals surface area contributed by atoms with Crippen LogP contribution in [0.5, 0.6) is 0 Å². The monoisotopic (exact) mass is 276 g/mol. The van der Waals surface area contributed by atoms with Crippen LogP contribution >= 0.6 is 0 Å². The summed E-state index contributed by atoms with van der Waals surface area (Å²) in [5, 5.41) is 8.98. The summed E-state index contributed by atoms with van der Waals surface area (Å²) < 4.78 is 0. The van der Waals surface area contributed by atoms with E-state index in [0.29, 0.717) is 0 Å². The molecule has 0 aromatic heterocycles. The number of para-hydroxylation sites is 1. The Balaban J connectivity index is 1.90. The van der Waals surface area contributed by atoms with Gasteiger partial charge in [0.25, 0.3) is 0 Å². The molecular weight excluding hydrogens is 256 g/mol. The molecule has 2 nitrogen and oxygen atoms in total. The van der Waals surface area contributed by atoms with Crippen LogP contribution in [0.3, 0.4) is 0 Å². The van der Waals surface area contributed by atoms with Crippen molar-refractivity contribution in [3.05, 3.63) is 64.7 Å². The van der Waals surface area contributed by atoms with Crippen LogP contribution in [0.4, 0.5) is 5.69 Å². The molecule has 0 saturated carbocycles. The second-order valence-corrected chi connectivity index (χ2v) is 5.76. The fourth-order valence-electron chi connectivity index (χ4n) is 3.08. The van der Waals surface area contributed by atoms with Crippen molar-refractivity contribution >= 4 is 5.69 Å². The molecule has 3 rings (SSSR count). The molecule has 0 atom stereocenters. The van der Waals surface area contributed by atoms with Crippen molar-refractivity contribution in [3.8, 4) is 6.07 Å². The van der Waals surface area contributed by atoms with E-state index in [1.54, 1.807) is 0 Å². The molecule has 2 heteroatoms. The number of hydrogen-bond acceptors (Lipinski definition) is 2. The minimum atomic E-state index is 0.743. The highest BCUT2D eigenvalue weighted by Gasteiger charge is 2.15. The van der Waals surface area contributed by atoms with Gasteiger partial charge in [-0.1, -0.05) is 24.3 Å². The predicted octanol–water partition coefficient (Wildman–Crippen LogP) is 4.21. The van der Waals surface area contributed by atoms with Crippen LogP contribution in [0.2, 0.25) is 0 Å². The number of nitriles is 1. The normalized spacial score (nSPS) is 14.2. The molecule has 0 spiro atoms. The summed E-state index contributed by atoms with van der Waals surface area (Å²) in [4.78, 5) is 2.48. The van der Waals surface area contributed by atoms with Crippen molar-refractivity contribution < 1.29 is 0 Å². The van der Waals surface area contributed by atoms with E-state index in [1.165, 1.54) is 41.6 Å². The largest absolute Gasteiger partial charge is 0.367 e. The number of anilines is 1. The van der Waals surface area contributed by atoms with Crippen LogP contribution in [-0.2, 0) is 13.0 Å². The third-order valence-corrected chi connectivity index (χ3v) is 4.29. The molecule has 0 bridgehead atoms. The van der Waals surface area contributed by atoms with Crippen molar-refractivity contribution in [1.82, 2.24) is 0 Å². The zero-order chi connectivity index (χ0) is 14.7. The Hall–Kier alpha value is -2.27. The highest BCUT2D eigenvalue weighted by atomic mass is 15.1. The number of benzene rings is 2. The molecule has 2 aromatic rings. The minimum Gasteiger partial charge on any atom is -0.367 e. The van der Waals surface area contributed by atoms with Crippen molar-refractivity contribution in [2.45, 2.75) is 32.7 Å². The average molecular weight is 276 g/mol. The van der Waals surface area contributed by atoms with Crippen LogP contribution < -0.4 is 4.90 Å². The Morgan fingerprint density at radius 2 is 2.00 bits per heavy atom. The topological polar surface area (TPSA) is 27.0 Å². The molecule has 0 amide bonds. The van der Waals surface area contributed by atoms with Crippen LogP contribution in [0, 0.1) is 18.3 Å². The van der Waals surface area contributed by atoms with Gasteiger partial charge in [0.05, 0.1) is 11.6 Å². The van der Waals surface area contributed by atoms with E-state index in [1.807, 2.05) is 12.1 Å². The standard InChI is InChI=1S/C19H20N2/c1-15-12-16(13-20)9-10-18(15)14-21-11-5-4-7-17-6-2-3-8-19(17)21/h2-3,6,8-10,12H,4-5,7,11,14H2,1H3. The van der Waals surface area contributed by atoms with Gasteiger partial charge in [0.2, 0.25) is 0 Å². The first-order valence-corrected chi connectivity index (χ1v) is 7.60. The Kier molecular flexibility index (Phi) is 3.92. The second-order valence-electron chi connectivity index (χ2n) is 5.76. The summed E-state index contributed by atoms with van der Waals surface area (Å²) in [7, 11) is 0. The average Bonchev–Trinajstić information content (AvgIpc) is 2.72. The summed E-state index contributed by atoms with van der Waals surface area (Å²) in [6.45, 7) is 4.13. The maximum Gasteiger partial charge on any atom is 0.0991 e. The quantitative estimate of drug-likeness (QED) is 0.821. The lowest BCUT2D eigenvalue weighted by atomic mass is 10.0. The van der Waals surface area contributed by atoms with Crippen LogP contribution in [0.1, 0.15) is 35.1 Å². The highest BCUT2D eigenvalue weighted by Crippen LogP contribution is 2.28. The zero-order valence-electron chi connectivity index (χ0n) is 12.5. The van der Waals surface area contributed by atoms with Gasteiger partial charge in [-0.3, -0.25) is 0 Å². The van der Waals surface area contributed by atoms with E-state index in [4.69, 9.17) is 5.26 Å². The Labute approximate surface area is 126 Å². The lowest BCUT2D eigenvalue weighted by Crippen LogP contribution is -2.24. The highest BCUT2D eigenvalue weighted by molar-refractivity contribution is 5.55. The van der Waals surface area contributed by atoms with E-state index >= 15 is 0 Å². The molecule has 1 aliphatic rings. The molecular formula is C19H20N2. The summed E-state index contributed by atoms with van der Waals surface area (Å²) in [5.74, 6) is 0. The van der Waals surface area contributed by atoms with Crippen molar-refractivity contribution in [2.75, 3.05) is 11.4 Å². The molecule has 0 saturated heterocycles. The van der Waals surface area contributed by atoms with Gasteiger partial charge >= 0.3 is 0 Å². The molecule has 0 aliphatic carbocycles. The zero-order valence-corrected chi connectivity index (χ0v) is 12.5. The first-order valence-electron chi connectivity index (χ1n) is 7.60. The SMILES string of the molecule is Cc1cc(C#N)ccc1CN1CCCCc2ccccc21. The van der Waals surface area contributed by atoms with Gasteiger partial charge < -0.3 is 4.90 Å². The predicted molar refractivity (Wildman–Crippen MR) is 86.3 cm³/mol. The summed E-state index contributed by atoms with van der Waals surface area (Å²) in [6.07, 6.45) is 3.68. The molecule has 0 fully saturated rings. The van der Waals surface area contributed by atoms with Crippen molar-refractivity contribution in [3.63, 3.8) is 0 Å². The van der Waals surface area contributed by atoms with Gasteiger partial charge in [-0.2, -0.15) is 5.26 Å². The first-order chi connectivity index (χ1) is 10.3. The molecule has 0 unspecified atom stereocenters. The molecule has 21 heavy (non-hydrogen) atoms. The molecule has 1 aliphatic heterocycles. The van der Waals surface area contributed by atoms with Gasteiger partial charge in [-0.25, -0.2) is 0 Å². The number of aryl methyl sites for hydroxylation is 2. The van der Waals surface area contributed by atoms with Crippen LogP contribution in [0.15, 0.2) is 42.5 Å². The molecule has 1 heterocycles. The number of hydrogen-bond donors (Lipinski definition) is 0. The van der Waals surface area contributed by atoms with Crippen LogP contribution in [0.25, 0.3) is 0 Å². The first kappa shape index (κ1) is 13.7. The molecule has 0 N–H and O–H groups in total. The number of rotatable bonds is 2. The second kappa shape index (κ2) is 6.01. The van der Waals surface area contributed by atoms with E-state index in [2.05, 4.69) is 48.2 Å². The fourth-order valence-corrected chi connectivity index (χ4v) is 3.08. The van der Waals surface area contributed by atoms with Gasteiger partial charge in [0, 0.05) is 18.8 Å². The van der Waals surface area contributed by atoms with E-state index in [-0.39, 0.29) is 0 Å². The molecule has 2 aromatic carbocycles. The third-order valence-electron chi connectivity index (χ3n) is 4.29. The summed E-state index contributed by atoms with van der Waals surface area (Å²) in [6, 6.07) is 17.0. The Morgan fingerprint density at radius 1 is 1.14 bits per heavy atom. The van der Waals surface area contributed by atoms with Gasteiger partial charge in [0.1, 0.15) is 0 Å². The van der Waals surface area contributed by atoms with Gasteiger partial charge in [-0.05, 0) is 61.1 Å². The molecule has 106 valence electrons. The summed E-state index contributed by atoms with van der Waals surface area (Å²) >= 11 is 0.